The molecule has 0 aromatic carbocycles. The van der Waals surface area contributed by atoms with Crippen LogP contribution in [0.2, 0.25) is 0 Å². The number of hydrogen-bond donors (Lipinski definition) is 2. The van der Waals surface area contributed by atoms with Crippen molar-refractivity contribution < 1.29 is 9.90 Å². The Morgan fingerprint density at radius 1 is 1.60 bits per heavy atom. The molecule has 1 unspecified atom stereocenters. The molecule has 0 bridgehead atoms. The molecule has 1 aromatic rings. The summed E-state index contributed by atoms with van der Waals surface area (Å²) in [5.74, 6) is -0.258. The summed E-state index contributed by atoms with van der Waals surface area (Å²) in [5.41, 5.74) is 0.295. The molecule has 0 spiro atoms. The van der Waals surface area contributed by atoms with E-state index in [-0.39, 0.29) is 12.0 Å². The Hall–Kier alpha value is -1.49. The lowest BCUT2D eigenvalue weighted by Crippen LogP contribution is -2.27. The smallest absolute Gasteiger partial charge is 0.271 e. The molecule has 5 nitrogen and oxygen atoms in total. The van der Waals surface area contributed by atoms with E-state index in [9.17, 15) is 9.90 Å². The second-order valence-corrected chi connectivity index (χ2v) is 3.20. The van der Waals surface area contributed by atoms with Crippen LogP contribution in [0.5, 0.6) is 0 Å². The summed E-state index contributed by atoms with van der Waals surface area (Å²) in [5, 5.41) is 11.9. The van der Waals surface area contributed by atoms with E-state index in [1.54, 1.807) is 0 Å². The number of carbonyl (C=O) groups is 1. The standard InChI is InChI=1S/C10H15N3O2/c1-2-8(14)3-4-13-10(15)9-7-11-5-6-12-9/h5-8,14H,2-4H2,1H3,(H,13,15). The van der Waals surface area contributed by atoms with Gasteiger partial charge in [-0.1, -0.05) is 6.92 Å². The van der Waals surface area contributed by atoms with Crippen LogP contribution in [-0.2, 0) is 0 Å². The van der Waals surface area contributed by atoms with Crippen molar-refractivity contribution in [2.24, 2.45) is 0 Å². The van der Waals surface area contributed by atoms with Gasteiger partial charge in [-0.3, -0.25) is 9.78 Å². The maximum absolute atomic E-state index is 11.4. The van der Waals surface area contributed by atoms with Gasteiger partial charge in [0.2, 0.25) is 0 Å². The first-order chi connectivity index (χ1) is 7.24. The van der Waals surface area contributed by atoms with Crippen molar-refractivity contribution in [1.82, 2.24) is 15.3 Å². The zero-order valence-corrected chi connectivity index (χ0v) is 8.68. The van der Waals surface area contributed by atoms with Crippen LogP contribution in [0.1, 0.15) is 30.3 Å². The summed E-state index contributed by atoms with van der Waals surface area (Å²) >= 11 is 0. The van der Waals surface area contributed by atoms with E-state index in [1.807, 2.05) is 6.92 Å². The summed E-state index contributed by atoms with van der Waals surface area (Å²) in [6.45, 7) is 2.35. The van der Waals surface area contributed by atoms with Crippen LogP contribution in [0.4, 0.5) is 0 Å². The molecule has 5 heteroatoms. The molecular weight excluding hydrogens is 194 g/mol. The minimum absolute atomic E-state index is 0.258. The Morgan fingerprint density at radius 3 is 3.00 bits per heavy atom. The highest BCUT2D eigenvalue weighted by Gasteiger charge is 2.06. The zero-order valence-electron chi connectivity index (χ0n) is 8.68. The van der Waals surface area contributed by atoms with E-state index in [4.69, 9.17) is 0 Å². The molecule has 1 atom stereocenters. The van der Waals surface area contributed by atoms with Crippen molar-refractivity contribution >= 4 is 5.91 Å². The molecule has 0 aliphatic carbocycles. The zero-order chi connectivity index (χ0) is 11.1. The fourth-order valence-electron chi connectivity index (χ4n) is 1.06. The first-order valence-corrected chi connectivity index (χ1v) is 4.96. The Labute approximate surface area is 88.6 Å². The molecule has 0 aliphatic rings. The van der Waals surface area contributed by atoms with Crippen molar-refractivity contribution in [2.75, 3.05) is 6.54 Å². The van der Waals surface area contributed by atoms with Crippen LogP contribution < -0.4 is 5.32 Å². The van der Waals surface area contributed by atoms with E-state index in [1.165, 1.54) is 18.6 Å². The molecule has 1 heterocycles. The Bertz CT molecular complexity index is 303. The lowest BCUT2D eigenvalue weighted by Gasteiger charge is -2.07. The largest absolute Gasteiger partial charge is 0.393 e. The highest BCUT2D eigenvalue weighted by atomic mass is 16.3. The normalized spacial score (nSPS) is 12.1. The number of carbonyl (C=O) groups excluding carboxylic acids is 1. The average molecular weight is 209 g/mol. The third-order valence-corrected chi connectivity index (χ3v) is 2.03. The number of hydrogen-bond acceptors (Lipinski definition) is 4. The van der Waals surface area contributed by atoms with Gasteiger partial charge in [0.1, 0.15) is 5.69 Å². The fraction of sp³-hybridized carbons (Fsp3) is 0.500. The first-order valence-electron chi connectivity index (χ1n) is 4.96. The second-order valence-electron chi connectivity index (χ2n) is 3.20. The Kier molecular flexibility index (Phi) is 4.70. The predicted octanol–water partition coefficient (Wildman–Crippen LogP) is 0.367. The monoisotopic (exact) mass is 209 g/mol. The van der Waals surface area contributed by atoms with Crippen molar-refractivity contribution in [3.8, 4) is 0 Å². The minimum atomic E-state index is -0.354. The molecule has 0 saturated carbocycles. The Balaban J connectivity index is 2.31. The van der Waals surface area contributed by atoms with E-state index in [0.29, 0.717) is 25.1 Å². The first kappa shape index (κ1) is 11.6. The molecule has 0 radical (unpaired) electrons. The molecule has 1 amide bonds. The predicted molar refractivity (Wildman–Crippen MR) is 55.3 cm³/mol. The van der Waals surface area contributed by atoms with Crippen LogP contribution >= 0.6 is 0 Å². The molecule has 0 aliphatic heterocycles. The summed E-state index contributed by atoms with van der Waals surface area (Å²) < 4.78 is 0. The maximum Gasteiger partial charge on any atom is 0.271 e. The van der Waals surface area contributed by atoms with Crippen LogP contribution in [-0.4, -0.2) is 33.6 Å². The second kappa shape index (κ2) is 6.08. The van der Waals surface area contributed by atoms with E-state index >= 15 is 0 Å². The van der Waals surface area contributed by atoms with Crippen LogP contribution in [0.3, 0.4) is 0 Å². The topological polar surface area (TPSA) is 75.1 Å². The molecule has 0 fully saturated rings. The van der Waals surface area contributed by atoms with Gasteiger partial charge in [0.05, 0.1) is 12.3 Å². The molecule has 82 valence electrons. The number of nitrogens with zero attached hydrogens (tertiary/aromatic N) is 2. The van der Waals surface area contributed by atoms with Gasteiger partial charge in [0.15, 0.2) is 0 Å². The van der Waals surface area contributed by atoms with Gasteiger partial charge in [-0.25, -0.2) is 4.98 Å². The van der Waals surface area contributed by atoms with Gasteiger partial charge >= 0.3 is 0 Å². The van der Waals surface area contributed by atoms with Gasteiger partial charge < -0.3 is 10.4 Å². The van der Waals surface area contributed by atoms with E-state index in [0.717, 1.165) is 0 Å². The summed E-state index contributed by atoms with van der Waals surface area (Å²) in [6.07, 6.45) is 5.29. The number of aromatic nitrogens is 2. The highest BCUT2D eigenvalue weighted by molar-refractivity contribution is 5.91. The van der Waals surface area contributed by atoms with Crippen LogP contribution in [0.25, 0.3) is 0 Å². The quantitative estimate of drug-likeness (QED) is 0.734. The van der Waals surface area contributed by atoms with Gasteiger partial charge in [0.25, 0.3) is 5.91 Å². The summed E-state index contributed by atoms with van der Waals surface area (Å²) in [4.78, 5) is 19.1. The molecule has 1 rings (SSSR count). The fourth-order valence-corrected chi connectivity index (χ4v) is 1.06. The van der Waals surface area contributed by atoms with Gasteiger partial charge in [0, 0.05) is 18.9 Å². The molecule has 0 saturated heterocycles. The summed E-state index contributed by atoms with van der Waals surface area (Å²) in [7, 11) is 0. The van der Waals surface area contributed by atoms with E-state index < -0.39 is 0 Å². The number of rotatable bonds is 5. The number of amides is 1. The highest BCUT2D eigenvalue weighted by Crippen LogP contribution is 1.95. The minimum Gasteiger partial charge on any atom is -0.393 e. The third-order valence-electron chi connectivity index (χ3n) is 2.03. The van der Waals surface area contributed by atoms with Crippen LogP contribution in [0, 0.1) is 0 Å². The lowest BCUT2D eigenvalue weighted by atomic mass is 10.2. The van der Waals surface area contributed by atoms with E-state index in [2.05, 4.69) is 15.3 Å². The lowest BCUT2D eigenvalue weighted by molar-refractivity contribution is 0.0936. The van der Waals surface area contributed by atoms with Crippen molar-refractivity contribution in [2.45, 2.75) is 25.9 Å². The molecule has 2 N–H and O–H groups in total. The van der Waals surface area contributed by atoms with Gasteiger partial charge in [-0.15, -0.1) is 0 Å². The maximum atomic E-state index is 11.4. The van der Waals surface area contributed by atoms with Gasteiger partial charge in [-0.2, -0.15) is 0 Å². The molecule has 15 heavy (non-hydrogen) atoms. The number of nitrogens with one attached hydrogen (secondary N) is 1. The number of aliphatic hydroxyl groups is 1. The van der Waals surface area contributed by atoms with Crippen molar-refractivity contribution in [1.29, 1.82) is 0 Å². The van der Waals surface area contributed by atoms with Crippen LogP contribution in [0.15, 0.2) is 18.6 Å². The average Bonchev–Trinajstić information content (AvgIpc) is 2.29. The van der Waals surface area contributed by atoms with Gasteiger partial charge in [-0.05, 0) is 12.8 Å². The van der Waals surface area contributed by atoms with Crippen molar-refractivity contribution in [3.05, 3.63) is 24.3 Å². The molecular formula is C10H15N3O2. The summed E-state index contributed by atoms with van der Waals surface area (Å²) in [6, 6.07) is 0. The third kappa shape index (κ3) is 4.03. The van der Waals surface area contributed by atoms with Crippen molar-refractivity contribution in [3.63, 3.8) is 0 Å². The Morgan fingerprint density at radius 2 is 2.40 bits per heavy atom. The molecule has 1 aromatic heterocycles. The SMILES string of the molecule is CCC(O)CCNC(=O)c1cnccn1. The number of aliphatic hydroxyl groups excluding tert-OH is 1.